The van der Waals surface area contributed by atoms with E-state index in [1.807, 2.05) is 30.3 Å². The molecule has 0 spiro atoms. The molecule has 2 aromatic rings. The monoisotopic (exact) mass is 507 g/mol. The number of anilines is 1. The van der Waals surface area contributed by atoms with E-state index in [0.29, 0.717) is 26.2 Å². The number of ether oxygens (including phenoxy) is 2. The minimum Gasteiger partial charge on any atom is -0.491 e. The molecular weight excluding hydrogens is 478 g/mol. The van der Waals surface area contributed by atoms with Crippen molar-refractivity contribution in [2.75, 3.05) is 25.1 Å². The zero-order chi connectivity index (χ0) is 26.2. The van der Waals surface area contributed by atoms with Gasteiger partial charge in [-0.2, -0.15) is 0 Å². The van der Waals surface area contributed by atoms with Crippen LogP contribution in [0.25, 0.3) is 0 Å². The molecule has 2 aliphatic rings. The summed E-state index contributed by atoms with van der Waals surface area (Å²) >= 11 is 0. The third-order valence-electron chi connectivity index (χ3n) is 6.17. The van der Waals surface area contributed by atoms with Gasteiger partial charge in [-0.1, -0.05) is 30.7 Å². The van der Waals surface area contributed by atoms with Crippen molar-refractivity contribution in [2.24, 2.45) is 0 Å². The molecule has 0 aromatic heterocycles. The Balaban J connectivity index is 1.19. The smallest absolute Gasteiger partial charge is 0.264 e. The van der Waals surface area contributed by atoms with Gasteiger partial charge in [0, 0.05) is 19.4 Å². The van der Waals surface area contributed by atoms with Crippen LogP contribution in [0, 0.1) is 0 Å². The van der Waals surface area contributed by atoms with Crippen LogP contribution in [0.1, 0.15) is 59.2 Å². The van der Waals surface area contributed by atoms with Crippen molar-refractivity contribution in [1.29, 1.82) is 0 Å². The zero-order valence-corrected chi connectivity index (χ0v) is 20.4. The lowest BCUT2D eigenvalue weighted by atomic mass is 10.0. The van der Waals surface area contributed by atoms with Crippen LogP contribution in [0.2, 0.25) is 0 Å². The number of amides is 5. The van der Waals surface area contributed by atoms with Gasteiger partial charge in [0.25, 0.3) is 11.8 Å². The Kier molecular flexibility index (Phi) is 8.63. The number of carbonyl (C=O) groups excluding carboxylic acids is 5. The maximum atomic E-state index is 13.1. The van der Waals surface area contributed by atoms with E-state index in [1.54, 1.807) is 12.1 Å². The molecule has 0 aliphatic carbocycles. The zero-order valence-electron chi connectivity index (χ0n) is 20.4. The van der Waals surface area contributed by atoms with Gasteiger partial charge in [0.05, 0.1) is 23.4 Å². The molecule has 1 saturated heterocycles. The van der Waals surface area contributed by atoms with Crippen LogP contribution in [0.4, 0.5) is 5.69 Å². The topological polar surface area (TPSA) is 131 Å². The molecule has 2 heterocycles. The second-order valence-corrected chi connectivity index (χ2v) is 8.81. The Bertz CT molecular complexity index is 1180. The summed E-state index contributed by atoms with van der Waals surface area (Å²) in [5, 5.41) is 4.89. The summed E-state index contributed by atoms with van der Waals surface area (Å²) in [4.78, 5) is 63.1. The lowest BCUT2D eigenvalue weighted by molar-refractivity contribution is -0.136. The number of hydrogen-bond acceptors (Lipinski definition) is 7. The second kappa shape index (κ2) is 12.3. The number of hydrogen-bond donors (Lipinski definition) is 2. The molecule has 2 aromatic carbocycles. The van der Waals surface area contributed by atoms with E-state index in [9.17, 15) is 24.0 Å². The third kappa shape index (κ3) is 6.39. The summed E-state index contributed by atoms with van der Waals surface area (Å²) in [6.45, 7) is 1.52. The van der Waals surface area contributed by atoms with Crippen molar-refractivity contribution in [2.45, 2.75) is 44.6 Å². The first-order valence-corrected chi connectivity index (χ1v) is 12.4. The molecule has 0 radical (unpaired) electrons. The average molecular weight is 508 g/mol. The first-order chi connectivity index (χ1) is 18.0. The van der Waals surface area contributed by atoms with Crippen LogP contribution in [0.15, 0.2) is 48.5 Å². The summed E-state index contributed by atoms with van der Waals surface area (Å²) in [5.74, 6) is -1.85. The highest BCUT2D eigenvalue weighted by Gasteiger charge is 2.45. The molecule has 0 saturated carbocycles. The molecule has 0 bridgehead atoms. The number of nitrogens with zero attached hydrogens (tertiary/aromatic N) is 1. The molecule has 10 nitrogen and oxygen atoms in total. The molecule has 10 heteroatoms. The highest BCUT2D eigenvalue weighted by molar-refractivity contribution is 6.26. The standard InChI is InChI=1S/C27H29N3O7/c31-22(12-5-2-6-15-36-16-17-37-18-8-3-1-4-9-18)28-20-11-7-10-19-24(20)27(35)30(26(19)34)21-13-14-23(32)29-25(21)33/h1,3-4,7-11,21H,2,5-6,12-17H2,(H,28,31)(H,29,32,33). The SMILES string of the molecule is O=C1CCC(N2C(=O)c3cccc(NC(=O)CCCCCOCCOc4ccccc4)c3C2=O)C(=O)N1. The minimum atomic E-state index is -1.05. The number of imide groups is 2. The van der Waals surface area contributed by atoms with Crippen molar-refractivity contribution in [3.8, 4) is 5.75 Å². The maximum absolute atomic E-state index is 13.1. The number of carbonyl (C=O) groups is 5. The van der Waals surface area contributed by atoms with Crippen LogP contribution >= 0.6 is 0 Å². The number of benzene rings is 2. The third-order valence-corrected chi connectivity index (χ3v) is 6.17. The van der Waals surface area contributed by atoms with Gasteiger partial charge in [-0.25, -0.2) is 0 Å². The highest BCUT2D eigenvalue weighted by Crippen LogP contribution is 2.32. The van der Waals surface area contributed by atoms with Gasteiger partial charge in [0.15, 0.2) is 0 Å². The van der Waals surface area contributed by atoms with Crippen LogP contribution in [-0.4, -0.2) is 60.3 Å². The number of rotatable bonds is 12. The van der Waals surface area contributed by atoms with Gasteiger partial charge in [0.1, 0.15) is 18.4 Å². The fourth-order valence-corrected chi connectivity index (χ4v) is 4.34. The number of fused-ring (bicyclic) bond motifs is 1. The second-order valence-electron chi connectivity index (χ2n) is 8.81. The van der Waals surface area contributed by atoms with E-state index in [4.69, 9.17) is 9.47 Å². The Hall–Kier alpha value is -4.05. The molecule has 4 rings (SSSR count). The van der Waals surface area contributed by atoms with Crippen LogP contribution in [-0.2, 0) is 19.1 Å². The molecule has 1 atom stereocenters. The highest BCUT2D eigenvalue weighted by atomic mass is 16.5. The minimum absolute atomic E-state index is 0.0416. The number of piperidine rings is 1. The summed E-state index contributed by atoms with van der Waals surface area (Å²) < 4.78 is 11.1. The largest absolute Gasteiger partial charge is 0.491 e. The molecule has 2 N–H and O–H groups in total. The van der Waals surface area contributed by atoms with E-state index >= 15 is 0 Å². The van der Waals surface area contributed by atoms with E-state index in [-0.39, 0.29) is 42.0 Å². The average Bonchev–Trinajstić information content (AvgIpc) is 3.14. The molecule has 2 aliphatic heterocycles. The quantitative estimate of drug-likeness (QED) is 0.334. The van der Waals surface area contributed by atoms with Crippen molar-refractivity contribution in [3.05, 3.63) is 59.7 Å². The van der Waals surface area contributed by atoms with Crippen LogP contribution in [0.5, 0.6) is 5.75 Å². The molecule has 194 valence electrons. The Morgan fingerprint density at radius 1 is 0.919 bits per heavy atom. The first kappa shape index (κ1) is 26.0. The van der Waals surface area contributed by atoms with Crippen LogP contribution in [0.3, 0.4) is 0 Å². The Morgan fingerprint density at radius 3 is 2.51 bits per heavy atom. The molecule has 1 unspecified atom stereocenters. The van der Waals surface area contributed by atoms with Gasteiger partial charge in [-0.15, -0.1) is 0 Å². The molecule has 5 amide bonds. The van der Waals surface area contributed by atoms with Crippen molar-refractivity contribution in [3.63, 3.8) is 0 Å². The predicted molar refractivity (Wildman–Crippen MR) is 133 cm³/mol. The van der Waals surface area contributed by atoms with Gasteiger partial charge in [-0.3, -0.25) is 34.2 Å². The van der Waals surface area contributed by atoms with Gasteiger partial charge in [0.2, 0.25) is 17.7 Å². The fourth-order valence-electron chi connectivity index (χ4n) is 4.34. The summed E-state index contributed by atoms with van der Waals surface area (Å²) in [7, 11) is 0. The number of unbranched alkanes of at least 4 members (excludes halogenated alkanes) is 2. The Morgan fingerprint density at radius 2 is 1.73 bits per heavy atom. The molecular formula is C27H29N3O7. The maximum Gasteiger partial charge on any atom is 0.264 e. The van der Waals surface area contributed by atoms with E-state index < -0.39 is 29.7 Å². The van der Waals surface area contributed by atoms with Crippen molar-refractivity contribution < 1.29 is 33.4 Å². The lowest BCUT2D eigenvalue weighted by Gasteiger charge is -2.27. The summed E-state index contributed by atoms with van der Waals surface area (Å²) in [6, 6.07) is 13.1. The van der Waals surface area contributed by atoms with E-state index in [1.165, 1.54) is 6.07 Å². The predicted octanol–water partition coefficient (Wildman–Crippen LogP) is 2.68. The molecule has 37 heavy (non-hydrogen) atoms. The van der Waals surface area contributed by atoms with Crippen molar-refractivity contribution in [1.82, 2.24) is 10.2 Å². The van der Waals surface area contributed by atoms with E-state index in [2.05, 4.69) is 10.6 Å². The van der Waals surface area contributed by atoms with Crippen LogP contribution < -0.4 is 15.4 Å². The van der Waals surface area contributed by atoms with Gasteiger partial charge >= 0.3 is 0 Å². The normalized spacial score (nSPS) is 17.0. The Labute approximate surface area is 214 Å². The van der Waals surface area contributed by atoms with E-state index in [0.717, 1.165) is 23.5 Å². The summed E-state index contributed by atoms with van der Waals surface area (Å²) in [6.07, 6.45) is 2.59. The first-order valence-electron chi connectivity index (χ1n) is 12.4. The number of nitrogens with one attached hydrogen (secondary N) is 2. The fraction of sp³-hybridized carbons (Fsp3) is 0.370. The van der Waals surface area contributed by atoms with Crippen molar-refractivity contribution >= 4 is 35.2 Å². The number of para-hydroxylation sites is 1. The van der Waals surface area contributed by atoms with Gasteiger partial charge in [-0.05, 0) is 43.5 Å². The lowest BCUT2D eigenvalue weighted by Crippen LogP contribution is -2.54. The van der Waals surface area contributed by atoms with Gasteiger partial charge < -0.3 is 14.8 Å². The molecule has 1 fully saturated rings. The summed E-state index contributed by atoms with van der Waals surface area (Å²) in [5.41, 5.74) is 0.426.